The summed E-state index contributed by atoms with van der Waals surface area (Å²) in [6, 6.07) is 18.3. The van der Waals surface area contributed by atoms with E-state index in [1.54, 1.807) is 30.3 Å². The summed E-state index contributed by atoms with van der Waals surface area (Å²) < 4.78 is 0. The van der Waals surface area contributed by atoms with Gasteiger partial charge in [0.25, 0.3) is 0 Å². The highest BCUT2D eigenvalue weighted by molar-refractivity contribution is 6.03. The number of aliphatic carboxylic acids is 1. The van der Waals surface area contributed by atoms with Gasteiger partial charge in [0.2, 0.25) is 0 Å². The van der Waals surface area contributed by atoms with Crippen molar-refractivity contribution in [3.05, 3.63) is 71.8 Å². The van der Waals surface area contributed by atoms with Crippen LogP contribution in [0.2, 0.25) is 0 Å². The van der Waals surface area contributed by atoms with Crippen molar-refractivity contribution in [1.82, 2.24) is 0 Å². The molecular formula is C17H16O3. The average molecular weight is 268 g/mol. The number of rotatable bonds is 6. The van der Waals surface area contributed by atoms with E-state index >= 15 is 0 Å². The highest BCUT2D eigenvalue weighted by Gasteiger charge is 2.27. The summed E-state index contributed by atoms with van der Waals surface area (Å²) in [6.45, 7) is 0. The predicted octanol–water partition coefficient (Wildman–Crippen LogP) is 3.06. The van der Waals surface area contributed by atoms with Gasteiger partial charge >= 0.3 is 5.97 Å². The van der Waals surface area contributed by atoms with Gasteiger partial charge < -0.3 is 5.11 Å². The van der Waals surface area contributed by atoms with Crippen molar-refractivity contribution in [2.75, 3.05) is 0 Å². The van der Waals surface area contributed by atoms with Gasteiger partial charge in [0.15, 0.2) is 5.78 Å². The molecule has 0 aliphatic rings. The molecule has 0 saturated heterocycles. The number of aryl methyl sites for hydroxylation is 1. The van der Waals surface area contributed by atoms with E-state index in [0.717, 1.165) is 5.56 Å². The number of hydrogen-bond acceptors (Lipinski definition) is 2. The fraction of sp³-hybridized carbons (Fsp3) is 0.176. The molecule has 3 nitrogen and oxygen atoms in total. The Hall–Kier alpha value is -2.42. The number of carbonyl (C=O) groups excluding carboxylic acids is 1. The molecule has 0 aliphatic heterocycles. The summed E-state index contributed by atoms with van der Waals surface area (Å²) in [5.74, 6) is -2.42. The zero-order valence-electron chi connectivity index (χ0n) is 11.0. The topological polar surface area (TPSA) is 54.4 Å². The molecule has 2 rings (SSSR count). The van der Waals surface area contributed by atoms with E-state index in [1.165, 1.54) is 0 Å². The van der Waals surface area contributed by atoms with Gasteiger partial charge in [-0.1, -0.05) is 60.7 Å². The zero-order valence-corrected chi connectivity index (χ0v) is 11.0. The van der Waals surface area contributed by atoms with Gasteiger partial charge in [-0.05, 0) is 17.5 Å². The van der Waals surface area contributed by atoms with Crippen molar-refractivity contribution in [2.24, 2.45) is 0 Å². The lowest BCUT2D eigenvalue weighted by molar-refractivity contribution is -0.142. The lowest BCUT2D eigenvalue weighted by Crippen LogP contribution is -2.22. The molecule has 20 heavy (non-hydrogen) atoms. The minimum absolute atomic E-state index is 0.232. The maximum atomic E-state index is 12.2. The van der Waals surface area contributed by atoms with E-state index < -0.39 is 11.9 Å². The molecule has 102 valence electrons. The number of ketones is 1. The Labute approximate surface area is 117 Å². The molecule has 2 aromatic rings. The molecule has 0 bridgehead atoms. The zero-order chi connectivity index (χ0) is 14.4. The molecule has 0 spiro atoms. The van der Waals surface area contributed by atoms with E-state index in [1.807, 2.05) is 30.3 Å². The molecule has 0 amide bonds. The van der Waals surface area contributed by atoms with Crippen LogP contribution in [0, 0.1) is 0 Å². The summed E-state index contributed by atoms with van der Waals surface area (Å²) in [6.07, 6.45) is 0.798. The van der Waals surface area contributed by atoms with Crippen molar-refractivity contribution >= 4 is 11.8 Å². The third kappa shape index (κ3) is 3.54. The molecule has 0 fully saturated rings. The van der Waals surface area contributed by atoms with Crippen LogP contribution < -0.4 is 0 Å². The van der Waals surface area contributed by atoms with Crippen LogP contribution in [0.1, 0.15) is 23.5 Å². The first-order chi connectivity index (χ1) is 9.68. The summed E-state index contributed by atoms with van der Waals surface area (Å²) in [5, 5.41) is 9.27. The highest BCUT2D eigenvalue weighted by Crippen LogP contribution is 2.19. The standard InChI is InChI=1S/C17H16O3/c18-15(12-11-13-7-3-1-4-8-13)16(17(19)20)14-9-5-2-6-10-14/h1-10,16H,11-12H2,(H,19,20). The maximum Gasteiger partial charge on any atom is 0.318 e. The molecule has 0 aliphatic carbocycles. The second-order valence-corrected chi connectivity index (χ2v) is 4.63. The van der Waals surface area contributed by atoms with Crippen LogP contribution in [-0.4, -0.2) is 16.9 Å². The normalized spacial score (nSPS) is 11.8. The van der Waals surface area contributed by atoms with Crippen molar-refractivity contribution in [2.45, 2.75) is 18.8 Å². The third-order valence-electron chi connectivity index (χ3n) is 3.20. The summed E-state index contributed by atoms with van der Waals surface area (Å²) in [5.41, 5.74) is 1.58. The number of carbonyl (C=O) groups is 2. The Balaban J connectivity index is 2.07. The fourth-order valence-corrected chi connectivity index (χ4v) is 2.17. The van der Waals surface area contributed by atoms with E-state index in [0.29, 0.717) is 12.0 Å². The van der Waals surface area contributed by atoms with Crippen LogP contribution in [0.4, 0.5) is 0 Å². The Morgan fingerprint density at radius 2 is 1.45 bits per heavy atom. The lowest BCUT2D eigenvalue weighted by Gasteiger charge is -2.11. The number of carboxylic acids is 1. The minimum Gasteiger partial charge on any atom is -0.480 e. The van der Waals surface area contributed by atoms with Gasteiger partial charge in [-0.3, -0.25) is 9.59 Å². The van der Waals surface area contributed by atoms with Crippen LogP contribution >= 0.6 is 0 Å². The molecule has 3 heteroatoms. The Bertz CT molecular complexity index is 576. The van der Waals surface area contributed by atoms with Crippen LogP contribution in [-0.2, 0) is 16.0 Å². The summed E-state index contributed by atoms with van der Waals surface area (Å²) >= 11 is 0. The molecule has 0 aromatic heterocycles. The van der Waals surface area contributed by atoms with Gasteiger partial charge in [-0.25, -0.2) is 0 Å². The molecule has 0 radical (unpaired) electrons. The molecule has 0 saturated carbocycles. The van der Waals surface area contributed by atoms with Crippen LogP contribution in [0.3, 0.4) is 0 Å². The molecule has 2 aromatic carbocycles. The van der Waals surface area contributed by atoms with Crippen molar-refractivity contribution < 1.29 is 14.7 Å². The Morgan fingerprint density at radius 1 is 0.900 bits per heavy atom. The van der Waals surface area contributed by atoms with Crippen LogP contribution in [0.5, 0.6) is 0 Å². The molecule has 1 atom stereocenters. The molecule has 1 N–H and O–H groups in total. The number of hydrogen-bond donors (Lipinski definition) is 1. The average Bonchev–Trinajstić information content (AvgIpc) is 2.47. The lowest BCUT2D eigenvalue weighted by atomic mass is 9.91. The Morgan fingerprint density at radius 3 is 2.00 bits per heavy atom. The number of benzene rings is 2. The van der Waals surface area contributed by atoms with Crippen molar-refractivity contribution in [3.8, 4) is 0 Å². The van der Waals surface area contributed by atoms with E-state index in [9.17, 15) is 14.7 Å². The number of Topliss-reactive ketones (excluding diaryl/α,β-unsaturated/α-hetero) is 1. The smallest absolute Gasteiger partial charge is 0.318 e. The number of carboxylic acid groups (broad SMARTS) is 1. The van der Waals surface area contributed by atoms with Crippen molar-refractivity contribution in [1.29, 1.82) is 0 Å². The van der Waals surface area contributed by atoms with E-state index in [-0.39, 0.29) is 12.2 Å². The van der Waals surface area contributed by atoms with E-state index in [2.05, 4.69) is 0 Å². The van der Waals surface area contributed by atoms with Crippen LogP contribution in [0.15, 0.2) is 60.7 Å². The third-order valence-corrected chi connectivity index (χ3v) is 3.20. The first kappa shape index (κ1) is 14.0. The van der Waals surface area contributed by atoms with Gasteiger partial charge in [0.1, 0.15) is 5.92 Å². The summed E-state index contributed by atoms with van der Waals surface area (Å²) in [7, 11) is 0. The molecule has 0 heterocycles. The molecule has 1 unspecified atom stereocenters. The Kier molecular flexibility index (Phi) is 4.66. The largest absolute Gasteiger partial charge is 0.480 e. The van der Waals surface area contributed by atoms with Gasteiger partial charge in [-0.2, -0.15) is 0 Å². The maximum absolute atomic E-state index is 12.2. The summed E-state index contributed by atoms with van der Waals surface area (Å²) in [4.78, 5) is 23.5. The second-order valence-electron chi connectivity index (χ2n) is 4.63. The van der Waals surface area contributed by atoms with Gasteiger partial charge in [0, 0.05) is 6.42 Å². The van der Waals surface area contributed by atoms with E-state index in [4.69, 9.17) is 0 Å². The quantitative estimate of drug-likeness (QED) is 0.819. The predicted molar refractivity (Wildman–Crippen MR) is 76.6 cm³/mol. The van der Waals surface area contributed by atoms with Gasteiger partial charge in [-0.15, -0.1) is 0 Å². The molecular weight excluding hydrogens is 252 g/mol. The van der Waals surface area contributed by atoms with Crippen LogP contribution in [0.25, 0.3) is 0 Å². The minimum atomic E-state index is -1.09. The fourth-order valence-electron chi connectivity index (χ4n) is 2.17. The highest BCUT2D eigenvalue weighted by atomic mass is 16.4. The monoisotopic (exact) mass is 268 g/mol. The SMILES string of the molecule is O=C(O)C(C(=O)CCc1ccccc1)c1ccccc1. The second kappa shape index (κ2) is 6.66. The first-order valence-corrected chi connectivity index (χ1v) is 6.53. The van der Waals surface area contributed by atoms with Crippen molar-refractivity contribution in [3.63, 3.8) is 0 Å². The van der Waals surface area contributed by atoms with Gasteiger partial charge in [0.05, 0.1) is 0 Å². The first-order valence-electron chi connectivity index (χ1n) is 6.53.